The fourth-order valence-corrected chi connectivity index (χ4v) is 2.53. The van der Waals surface area contributed by atoms with E-state index in [-0.39, 0.29) is 17.0 Å². The summed E-state index contributed by atoms with van der Waals surface area (Å²) < 4.78 is 28.2. The summed E-state index contributed by atoms with van der Waals surface area (Å²) in [5.74, 6) is -0.920. The lowest BCUT2D eigenvalue weighted by Crippen LogP contribution is -2.24. The molecule has 0 amide bonds. The van der Waals surface area contributed by atoms with Crippen LogP contribution in [-0.4, -0.2) is 26.3 Å². The Balaban J connectivity index is 1.81. The third-order valence-electron chi connectivity index (χ3n) is 3.78. The molecule has 2 heterocycles. The quantitative estimate of drug-likeness (QED) is 0.761. The second kappa shape index (κ2) is 6.27. The monoisotopic (exact) mass is 347 g/mol. The lowest BCUT2D eigenvalue weighted by atomic mass is 10.1. The number of rotatable bonds is 4. The highest BCUT2D eigenvalue weighted by Gasteiger charge is 2.19. The molecule has 6 nitrogen and oxygen atoms in total. The van der Waals surface area contributed by atoms with Crippen LogP contribution in [0.1, 0.15) is 26.3 Å². The minimum absolute atomic E-state index is 0.283. The van der Waals surface area contributed by atoms with Crippen molar-refractivity contribution in [3.8, 4) is 0 Å². The summed E-state index contributed by atoms with van der Waals surface area (Å²) >= 11 is 0. The van der Waals surface area contributed by atoms with Crippen LogP contribution < -0.4 is 10.9 Å². The van der Waals surface area contributed by atoms with Gasteiger partial charge in [-0.05, 0) is 38.8 Å². The highest BCUT2D eigenvalue weighted by atomic mass is 19.1. The summed E-state index contributed by atoms with van der Waals surface area (Å²) in [6.07, 6.45) is 1.82. The van der Waals surface area contributed by atoms with Gasteiger partial charge in [-0.25, -0.2) is 13.5 Å². The van der Waals surface area contributed by atoms with Crippen molar-refractivity contribution in [3.05, 3.63) is 51.9 Å². The molecule has 0 fully saturated rings. The molecule has 2 N–H and O–H groups in total. The number of H-pyrrole nitrogens is 1. The molecule has 0 aliphatic carbocycles. The Morgan fingerprint density at radius 2 is 2.04 bits per heavy atom. The number of hydrogen-bond acceptors (Lipinski definition) is 4. The molecule has 0 unspecified atom stereocenters. The molecule has 132 valence electrons. The van der Waals surface area contributed by atoms with E-state index in [1.807, 2.05) is 20.8 Å². The van der Waals surface area contributed by atoms with Gasteiger partial charge in [0.05, 0.1) is 11.7 Å². The second-order valence-electron chi connectivity index (χ2n) is 6.79. The highest BCUT2D eigenvalue weighted by Crippen LogP contribution is 2.18. The van der Waals surface area contributed by atoms with Gasteiger partial charge < -0.3 is 5.32 Å². The zero-order valence-electron chi connectivity index (χ0n) is 14.2. The van der Waals surface area contributed by atoms with Crippen molar-refractivity contribution >= 4 is 17.0 Å². The minimum Gasteiger partial charge on any atom is -0.355 e. The molecule has 1 aromatic carbocycles. The van der Waals surface area contributed by atoms with Crippen LogP contribution in [0.2, 0.25) is 0 Å². The Labute approximate surface area is 142 Å². The average molecular weight is 347 g/mol. The van der Waals surface area contributed by atoms with Gasteiger partial charge in [0.25, 0.3) is 5.56 Å². The minimum atomic E-state index is -0.610. The zero-order valence-corrected chi connectivity index (χ0v) is 14.2. The molecule has 0 saturated heterocycles. The molecule has 0 bridgehead atoms. The van der Waals surface area contributed by atoms with Crippen molar-refractivity contribution in [1.29, 1.82) is 0 Å². The van der Waals surface area contributed by atoms with Crippen LogP contribution in [0.3, 0.4) is 0 Å². The van der Waals surface area contributed by atoms with Crippen LogP contribution in [0.15, 0.2) is 29.2 Å². The predicted molar refractivity (Wildman–Crippen MR) is 91.7 cm³/mol. The molecule has 2 aromatic heterocycles. The van der Waals surface area contributed by atoms with E-state index in [1.165, 1.54) is 18.3 Å². The Kier molecular flexibility index (Phi) is 4.28. The van der Waals surface area contributed by atoms with E-state index in [2.05, 4.69) is 20.4 Å². The molecule has 25 heavy (non-hydrogen) atoms. The number of hydrogen-bond donors (Lipinski definition) is 2. The molecule has 0 saturated carbocycles. The van der Waals surface area contributed by atoms with Gasteiger partial charge in [0.15, 0.2) is 5.65 Å². The zero-order chi connectivity index (χ0) is 18.2. The molecular weight excluding hydrogens is 328 g/mol. The van der Waals surface area contributed by atoms with E-state index in [0.29, 0.717) is 29.6 Å². The normalized spacial score (nSPS) is 11.9. The number of nitrogens with zero attached hydrogens (tertiary/aromatic N) is 3. The number of nitrogens with one attached hydrogen (secondary N) is 2. The predicted octanol–water partition coefficient (Wildman–Crippen LogP) is 2.81. The standard InChI is InChI=1S/C17H19F2N5O/c1-17(2,3)24-14-12(9-21-24)15(25)23-16(22-14)20-7-6-10-4-5-11(18)8-13(10)19/h4-5,8-9H,6-7H2,1-3H3,(H2,20,22,23,25). The van der Waals surface area contributed by atoms with Crippen molar-refractivity contribution in [1.82, 2.24) is 19.7 Å². The van der Waals surface area contributed by atoms with Gasteiger partial charge in [0, 0.05) is 12.6 Å². The summed E-state index contributed by atoms with van der Waals surface area (Å²) in [7, 11) is 0. The molecule has 3 rings (SSSR count). The smallest absolute Gasteiger partial charge is 0.263 e. The van der Waals surface area contributed by atoms with Crippen molar-refractivity contribution in [2.45, 2.75) is 32.7 Å². The van der Waals surface area contributed by atoms with Crippen molar-refractivity contribution in [2.24, 2.45) is 0 Å². The molecule has 0 radical (unpaired) electrons. The van der Waals surface area contributed by atoms with Crippen LogP contribution in [-0.2, 0) is 12.0 Å². The Morgan fingerprint density at radius 1 is 1.28 bits per heavy atom. The highest BCUT2D eigenvalue weighted by molar-refractivity contribution is 5.74. The fourth-order valence-electron chi connectivity index (χ4n) is 2.53. The number of halogens is 2. The Morgan fingerprint density at radius 3 is 2.72 bits per heavy atom. The van der Waals surface area contributed by atoms with Gasteiger partial charge in [-0.2, -0.15) is 10.1 Å². The van der Waals surface area contributed by atoms with Gasteiger partial charge in [-0.1, -0.05) is 6.07 Å². The van der Waals surface area contributed by atoms with E-state index in [4.69, 9.17) is 0 Å². The number of aromatic amines is 1. The molecular formula is C17H19F2N5O. The van der Waals surface area contributed by atoms with Crippen LogP contribution in [0.5, 0.6) is 0 Å². The molecule has 0 aliphatic rings. The molecule has 0 spiro atoms. The topological polar surface area (TPSA) is 75.6 Å². The maximum atomic E-state index is 13.6. The first-order chi connectivity index (χ1) is 11.8. The van der Waals surface area contributed by atoms with Gasteiger partial charge in [0.2, 0.25) is 5.95 Å². The third-order valence-corrected chi connectivity index (χ3v) is 3.78. The third kappa shape index (κ3) is 3.52. The first-order valence-electron chi connectivity index (χ1n) is 7.92. The first kappa shape index (κ1) is 17.1. The maximum Gasteiger partial charge on any atom is 0.263 e. The van der Waals surface area contributed by atoms with Crippen LogP contribution in [0, 0.1) is 11.6 Å². The molecule has 8 heteroatoms. The summed E-state index contributed by atoms with van der Waals surface area (Å²) in [5.41, 5.74) is 0.247. The summed E-state index contributed by atoms with van der Waals surface area (Å²) in [5, 5.41) is 7.61. The van der Waals surface area contributed by atoms with Gasteiger partial charge in [0.1, 0.15) is 17.0 Å². The van der Waals surface area contributed by atoms with E-state index in [1.54, 1.807) is 4.68 Å². The van der Waals surface area contributed by atoms with Crippen molar-refractivity contribution in [3.63, 3.8) is 0 Å². The van der Waals surface area contributed by atoms with Gasteiger partial charge >= 0.3 is 0 Å². The Hall–Kier alpha value is -2.77. The van der Waals surface area contributed by atoms with Crippen molar-refractivity contribution in [2.75, 3.05) is 11.9 Å². The van der Waals surface area contributed by atoms with Crippen molar-refractivity contribution < 1.29 is 8.78 Å². The molecule has 0 aliphatic heterocycles. The SMILES string of the molecule is CC(C)(C)n1ncc2c(=O)[nH]c(NCCc3ccc(F)cc3F)nc21. The number of fused-ring (bicyclic) bond motifs is 1. The largest absolute Gasteiger partial charge is 0.355 e. The molecule has 3 aromatic rings. The summed E-state index contributed by atoms with van der Waals surface area (Å²) in [6, 6.07) is 3.47. The fraction of sp³-hybridized carbons (Fsp3) is 0.353. The van der Waals surface area contributed by atoms with Crippen LogP contribution in [0.4, 0.5) is 14.7 Å². The van der Waals surface area contributed by atoms with Gasteiger partial charge in [-0.3, -0.25) is 9.78 Å². The van der Waals surface area contributed by atoms with Gasteiger partial charge in [-0.15, -0.1) is 0 Å². The molecule has 0 atom stereocenters. The Bertz CT molecular complexity index is 971. The summed E-state index contributed by atoms with van der Waals surface area (Å²) in [4.78, 5) is 19.2. The first-order valence-corrected chi connectivity index (χ1v) is 7.92. The lowest BCUT2D eigenvalue weighted by Gasteiger charge is -2.19. The number of anilines is 1. The van der Waals surface area contributed by atoms with E-state index >= 15 is 0 Å². The van der Waals surface area contributed by atoms with E-state index in [0.717, 1.165) is 6.07 Å². The van der Waals surface area contributed by atoms with E-state index < -0.39 is 11.6 Å². The van der Waals surface area contributed by atoms with Crippen LogP contribution >= 0.6 is 0 Å². The number of aromatic nitrogens is 4. The maximum absolute atomic E-state index is 13.6. The second-order valence-corrected chi connectivity index (χ2v) is 6.79. The van der Waals surface area contributed by atoms with Crippen LogP contribution in [0.25, 0.3) is 11.0 Å². The lowest BCUT2D eigenvalue weighted by molar-refractivity contribution is 0.366. The average Bonchev–Trinajstić information content (AvgIpc) is 2.94. The number of benzene rings is 1. The summed E-state index contributed by atoms with van der Waals surface area (Å²) in [6.45, 7) is 6.23. The van der Waals surface area contributed by atoms with E-state index in [9.17, 15) is 13.6 Å².